The summed E-state index contributed by atoms with van der Waals surface area (Å²) in [5.74, 6) is 0.0407. The van der Waals surface area contributed by atoms with Crippen molar-refractivity contribution in [2.45, 2.75) is 11.8 Å². The van der Waals surface area contributed by atoms with Crippen LogP contribution in [0, 0.1) is 0 Å². The molecule has 0 radical (unpaired) electrons. The Morgan fingerprint density at radius 2 is 2.00 bits per heavy atom. The number of fused-ring (bicyclic) bond motifs is 1. The van der Waals surface area contributed by atoms with Crippen LogP contribution in [0.15, 0.2) is 27.4 Å². The largest absolute Gasteiger partial charge is 0.465 e. The summed E-state index contributed by atoms with van der Waals surface area (Å²) in [7, 11) is 1.31. The summed E-state index contributed by atoms with van der Waals surface area (Å²) in [6.45, 7) is 4.47. The van der Waals surface area contributed by atoms with E-state index in [0.717, 1.165) is 5.56 Å². The third kappa shape index (κ3) is 3.18. The van der Waals surface area contributed by atoms with Crippen LogP contribution in [0.5, 0.6) is 0 Å². The highest BCUT2D eigenvalue weighted by Crippen LogP contribution is 2.32. The van der Waals surface area contributed by atoms with E-state index in [9.17, 15) is 9.59 Å². The molecule has 1 aromatic carbocycles. The third-order valence-electron chi connectivity index (χ3n) is 4.02. The van der Waals surface area contributed by atoms with Crippen molar-refractivity contribution in [1.29, 1.82) is 0 Å². The van der Waals surface area contributed by atoms with Gasteiger partial charge in [0.15, 0.2) is 11.3 Å². The fraction of sp³-hybridized carbons (Fsp3) is 0.412. The van der Waals surface area contributed by atoms with Crippen molar-refractivity contribution in [3.63, 3.8) is 0 Å². The second-order valence-corrected chi connectivity index (χ2v) is 6.97. The second-order valence-electron chi connectivity index (χ2n) is 5.60. The van der Waals surface area contributed by atoms with Crippen LogP contribution in [-0.4, -0.2) is 39.4 Å². The minimum Gasteiger partial charge on any atom is -0.465 e. The number of rotatable bonds is 3. The molecule has 7 heteroatoms. The Hall–Kier alpha value is -1.86. The molecule has 1 aromatic heterocycles. The zero-order chi connectivity index (χ0) is 17.3. The van der Waals surface area contributed by atoms with Gasteiger partial charge in [0.2, 0.25) is 0 Å². The molecule has 3 rings (SSSR count). The Bertz CT molecular complexity index is 824. The van der Waals surface area contributed by atoms with Gasteiger partial charge in [0, 0.05) is 29.5 Å². The minimum atomic E-state index is -0.483. The van der Waals surface area contributed by atoms with E-state index in [-0.39, 0.29) is 10.3 Å². The Morgan fingerprint density at radius 3 is 2.62 bits per heavy atom. The van der Waals surface area contributed by atoms with Crippen molar-refractivity contribution in [2.24, 2.45) is 0 Å². The first-order chi connectivity index (χ1) is 11.5. The molecule has 1 aliphatic heterocycles. The number of esters is 1. The molecule has 0 N–H and O–H groups in total. The number of carbonyl (C=O) groups excluding carboxylic acids is 1. The Morgan fingerprint density at radius 1 is 1.29 bits per heavy atom. The average molecular weight is 396 g/mol. The molecule has 1 unspecified atom stereocenters. The number of ether oxygens (including phenoxy) is 2. The molecule has 1 atom stereocenters. The van der Waals surface area contributed by atoms with Crippen molar-refractivity contribution < 1.29 is 18.7 Å². The number of hydrogen-bond acceptors (Lipinski definition) is 6. The number of halogens is 1. The lowest BCUT2D eigenvalue weighted by atomic mass is 10.0. The van der Waals surface area contributed by atoms with Crippen LogP contribution in [0.25, 0.3) is 11.0 Å². The molecule has 1 aliphatic rings. The van der Waals surface area contributed by atoms with Crippen LogP contribution in [0.3, 0.4) is 0 Å². The summed E-state index contributed by atoms with van der Waals surface area (Å²) in [6.07, 6.45) is 0. The van der Waals surface area contributed by atoms with Crippen LogP contribution in [0.4, 0.5) is 5.88 Å². The lowest BCUT2D eigenvalue weighted by Crippen LogP contribution is -2.36. The first-order valence-corrected chi connectivity index (χ1v) is 8.59. The van der Waals surface area contributed by atoms with Gasteiger partial charge in [-0.15, -0.1) is 0 Å². The molecule has 1 saturated heterocycles. The maximum Gasteiger partial charge on any atom is 0.337 e. The molecule has 2 aromatic rings. The summed E-state index contributed by atoms with van der Waals surface area (Å²) in [5, 5.41) is 0.371. The monoisotopic (exact) mass is 395 g/mol. The van der Waals surface area contributed by atoms with E-state index in [4.69, 9.17) is 13.9 Å². The van der Waals surface area contributed by atoms with Crippen molar-refractivity contribution in [2.75, 3.05) is 38.3 Å². The first kappa shape index (κ1) is 17.0. The van der Waals surface area contributed by atoms with E-state index in [1.807, 2.05) is 11.8 Å². The molecular weight excluding hydrogens is 378 g/mol. The normalized spacial score (nSPS) is 16.2. The van der Waals surface area contributed by atoms with Gasteiger partial charge in [-0.1, -0.05) is 15.9 Å². The molecule has 24 heavy (non-hydrogen) atoms. The first-order valence-electron chi connectivity index (χ1n) is 7.68. The number of benzene rings is 1. The number of nitrogens with zero attached hydrogens (tertiary/aromatic N) is 1. The molecule has 128 valence electrons. The molecule has 2 heterocycles. The van der Waals surface area contributed by atoms with Gasteiger partial charge in [-0.25, -0.2) is 4.79 Å². The van der Waals surface area contributed by atoms with Crippen molar-refractivity contribution in [1.82, 2.24) is 0 Å². The van der Waals surface area contributed by atoms with E-state index in [0.29, 0.717) is 48.7 Å². The van der Waals surface area contributed by atoms with Crippen LogP contribution < -0.4 is 10.3 Å². The topological polar surface area (TPSA) is 69.0 Å². The number of morpholine rings is 1. The van der Waals surface area contributed by atoms with E-state index < -0.39 is 5.97 Å². The number of methoxy groups -OCH3 is 1. The highest BCUT2D eigenvalue weighted by atomic mass is 79.9. The van der Waals surface area contributed by atoms with Crippen LogP contribution >= 0.6 is 15.9 Å². The zero-order valence-corrected chi connectivity index (χ0v) is 15.1. The van der Waals surface area contributed by atoms with Crippen LogP contribution in [0.2, 0.25) is 0 Å². The lowest BCUT2D eigenvalue weighted by molar-refractivity contribution is 0.0601. The molecule has 0 amide bonds. The van der Waals surface area contributed by atoms with Gasteiger partial charge in [-0.2, -0.15) is 0 Å². The lowest BCUT2D eigenvalue weighted by Gasteiger charge is -2.27. The molecular formula is C17H18BrNO5. The number of carbonyl (C=O) groups is 1. The summed E-state index contributed by atoms with van der Waals surface area (Å²) in [4.78, 5) is 26.4. The van der Waals surface area contributed by atoms with Gasteiger partial charge in [0.05, 0.1) is 31.3 Å². The third-order valence-corrected chi connectivity index (χ3v) is 4.51. The molecule has 1 fully saturated rings. The SMILES string of the molecule is COC(=O)c1cc(C(C)Br)c2oc(N3CCOCC3)cc(=O)c2c1. The Labute approximate surface area is 147 Å². The van der Waals surface area contributed by atoms with Crippen molar-refractivity contribution >= 4 is 38.8 Å². The molecule has 0 spiro atoms. The van der Waals surface area contributed by atoms with Gasteiger partial charge in [0.1, 0.15) is 5.58 Å². The summed E-state index contributed by atoms with van der Waals surface area (Å²) < 4.78 is 16.1. The van der Waals surface area contributed by atoms with E-state index in [1.165, 1.54) is 19.2 Å². The van der Waals surface area contributed by atoms with Crippen molar-refractivity contribution in [3.05, 3.63) is 39.5 Å². The molecule has 0 bridgehead atoms. The van der Waals surface area contributed by atoms with Gasteiger partial charge < -0.3 is 18.8 Å². The maximum absolute atomic E-state index is 12.6. The summed E-state index contributed by atoms with van der Waals surface area (Å²) >= 11 is 3.51. The second kappa shape index (κ2) is 6.94. The van der Waals surface area contributed by atoms with Gasteiger partial charge in [-0.3, -0.25) is 4.79 Å². The van der Waals surface area contributed by atoms with E-state index >= 15 is 0 Å². The summed E-state index contributed by atoms with van der Waals surface area (Å²) in [5.41, 5.74) is 1.37. The Kier molecular flexibility index (Phi) is 4.91. The average Bonchev–Trinajstić information content (AvgIpc) is 2.60. The van der Waals surface area contributed by atoms with E-state index in [1.54, 1.807) is 6.07 Å². The van der Waals surface area contributed by atoms with Gasteiger partial charge >= 0.3 is 5.97 Å². The highest BCUT2D eigenvalue weighted by molar-refractivity contribution is 9.09. The fourth-order valence-electron chi connectivity index (χ4n) is 2.74. The number of anilines is 1. The zero-order valence-electron chi connectivity index (χ0n) is 13.5. The van der Waals surface area contributed by atoms with Gasteiger partial charge in [-0.05, 0) is 19.1 Å². The number of alkyl halides is 1. The predicted octanol–water partition coefficient (Wildman–Crippen LogP) is 2.87. The molecule has 6 nitrogen and oxygen atoms in total. The number of hydrogen-bond donors (Lipinski definition) is 0. The van der Waals surface area contributed by atoms with Crippen molar-refractivity contribution in [3.8, 4) is 0 Å². The predicted molar refractivity (Wildman–Crippen MR) is 94.2 cm³/mol. The Balaban J connectivity index is 2.20. The minimum absolute atomic E-state index is 0.0901. The summed E-state index contributed by atoms with van der Waals surface area (Å²) in [6, 6.07) is 4.69. The van der Waals surface area contributed by atoms with E-state index in [2.05, 4.69) is 15.9 Å². The highest BCUT2D eigenvalue weighted by Gasteiger charge is 2.20. The quantitative estimate of drug-likeness (QED) is 0.587. The molecule has 0 saturated carbocycles. The fourth-order valence-corrected chi connectivity index (χ4v) is 3.08. The smallest absolute Gasteiger partial charge is 0.337 e. The maximum atomic E-state index is 12.6. The standard InChI is InChI=1S/C17H18BrNO5/c1-10(18)12-7-11(17(21)22-2)8-13-14(20)9-15(24-16(12)13)19-3-5-23-6-4-19/h7-10H,3-6H2,1-2H3. The molecule has 0 aliphatic carbocycles. The van der Waals surface area contributed by atoms with Crippen LogP contribution in [0.1, 0.15) is 27.7 Å². The van der Waals surface area contributed by atoms with Crippen LogP contribution in [-0.2, 0) is 9.47 Å². The van der Waals surface area contributed by atoms with Gasteiger partial charge in [0.25, 0.3) is 0 Å².